The van der Waals surface area contributed by atoms with Crippen molar-refractivity contribution < 1.29 is 38.3 Å². The second-order valence-corrected chi connectivity index (χ2v) is 6.95. The lowest BCUT2D eigenvalue weighted by atomic mass is 10.0. The van der Waals surface area contributed by atoms with Crippen LogP contribution in [0.5, 0.6) is 0 Å². The number of hydrogen-bond donors (Lipinski definition) is 0. The summed E-state index contributed by atoms with van der Waals surface area (Å²) >= 11 is 0. The molecule has 1 aliphatic heterocycles. The van der Waals surface area contributed by atoms with Crippen LogP contribution in [0, 0.1) is 5.92 Å². The van der Waals surface area contributed by atoms with Gasteiger partial charge >= 0.3 is 11.9 Å². The molecule has 0 unspecified atom stereocenters. The zero-order valence-corrected chi connectivity index (χ0v) is 15.8. The number of ether oxygens (including phenoxy) is 1. The molecular weight excluding hydrogens is 370 g/mol. The lowest BCUT2D eigenvalue weighted by Gasteiger charge is -2.12. The molecule has 0 aromatic rings. The van der Waals surface area contributed by atoms with Crippen molar-refractivity contribution in [1.29, 1.82) is 0 Å². The number of hydrogen-bond acceptors (Lipinski definition) is 8. The van der Waals surface area contributed by atoms with Crippen LogP contribution in [0.4, 0.5) is 0 Å². The molecule has 1 heterocycles. The Morgan fingerprint density at radius 2 is 1.32 bits per heavy atom. The standard InChI is InChI=1S/C19H25NO8/c21-14-7-8-15(22)13(14)11-12-27-18(25)5-3-1-2-4-6-19(26)28-20-16(23)9-10-17(20)24/h13H,1-12H2. The molecule has 0 bridgehead atoms. The highest BCUT2D eigenvalue weighted by Gasteiger charge is 2.33. The van der Waals surface area contributed by atoms with E-state index in [-0.39, 0.29) is 69.1 Å². The van der Waals surface area contributed by atoms with E-state index in [9.17, 15) is 28.8 Å². The van der Waals surface area contributed by atoms with Gasteiger partial charge in [0, 0.05) is 38.5 Å². The predicted octanol–water partition coefficient (Wildman–Crippen LogP) is 1.42. The third-order valence-electron chi connectivity index (χ3n) is 4.78. The first kappa shape index (κ1) is 21.7. The smallest absolute Gasteiger partial charge is 0.333 e. The van der Waals surface area contributed by atoms with Gasteiger partial charge in [-0.2, -0.15) is 0 Å². The molecule has 2 fully saturated rings. The number of hydroxylamine groups is 2. The fraction of sp³-hybridized carbons (Fsp3) is 0.684. The molecule has 0 spiro atoms. The highest BCUT2D eigenvalue weighted by atomic mass is 16.7. The van der Waals surface area contributed by atoms with Crippen LogP contribution in [0.15, 0.2) is 0 Å². The molecule has 1 aliphatic carbocycles. The number of unbranched alkanes of at least 4 members (excludes halogenated alkanes) is 3. The number of rotatable bonds is 11. The number of amides is 2. The second kappa shape index (κ2) is 10.7. The first-order chi connectivity index (χ1) is 13.4. The fourth-order valence-electron chi connectivity index (χ4n) is 3.16. The average molecular weight is 395 g/mol. The molecule has 0 aromatic carbocycles. The van der Waals surface area contributed by atoms with E-state index in [0.717, 1.165) is 0 Å². The van der Waals surface area contributed by atoms with Crippen molar-refractivity contribution >= 4 is 35.3 Å². The van der Waals surface area contributed by atoms with E-state index < -0.39 is 23.7 Å². The van der Waals surface area contributed by atoms with E-state index in [2.05, 4.69) is 0 Å². The molecule has 0 radical (unpaired) electrons. The molecule has 0 N–H and O–H groups in total. The summed E-state index contributed by atoms with van der Waals surface area (Å²) in [4.78, 5) is 73.6. The average Bonchev–Trinajstić information content (AvgIpc) is 3.14. The molecular formula is C19H25NO8. The van der Waals surface area contributed by atoms with Crippen molar-refractivity contribution in [2.45, 2.75) is 70.6 Å². The van der Waals surface area contributed by atoms with Crippen molar-refractivity contribution in [1.82, 2.24) is 5.06 Å². The van der Waals surface area contributed by atoms with E-state index >= 15 is 0 Å². The summed E-state index contributed by atoms with van der Waals surface area (Å²) < 4.78 is 5.05. The van der Waals surface area contributed by atoms with Gasteiger partial charge < -0.3 is 9.57 Å². The van der Waals surface area contributed by atoms with Crippen LogP contribution in [0.25, 0.3) is 0 Å². The Hall–Kier alpha value is -2.58. The Balaban J connectivity index is 1.46. The normalized spacial score (nSPS) is 17.5. The number of carbonyl (C=O) groups is 6. The predicted molar refractivity (Wildman–Crippen MR) is 93.2 cm³/mol. The van der Waals surface area contributed by atoms with Gasteiger partial charge in [0.15, 0.2) is 0 Å². The zero-order valence-electron chi connectivity index (χ0n) is 15.8. The molecule has 1 saturated carbocycles. The van der Waals surface area contributed by atoms with Gasteiger partial charge in [0.2, 0.25) is 0 Å². The topological polar surface area (TPSA) is 124 Å². The largest absolute Gasteiger partial charge is 0.466 e. The van der Waals surface area contributed by atoms with Crippen molar-refractivity contribution in [2.75, 3.05) is 6.61 Å². The van der Waals surface area contributed by atoms with E-state index in [4.69, 9.17) is 9.57 Å². The van der Waals surface area contributed by atoms with Crippen LogP contribution in [-0.4, -0.2) is 47.0 Å². The van der Waals surface area contributed by atoms with E-state index in [1.54, 1.807) is 0 Å². The molecule has 9 nitrogen and oxygen atoms in total. The molecule has 1 saturated heterocycles. The van der Waals surface area contributed by atoms with Crippen molar-refractivity contribution in [3.63, 3.8) is 0 Å². The Bertz CT molecular complexity index is 624. The minimum Gasteiger partial charge on any atom is -0.466 e. The third-order valence-corrected chi connectivity index (χ3v) is 4.78. The van der Waals surface area contributed by atoms with Gasteiger partial charge in [-0.15, -0.1) is 5.06 Å². The van der Waals surface area contributed by atoms with Crippen LogP contribution < -0.4 is 0 Å². The molecule has 28 heavy (non-hydrogen) atoms. The summed E-state index contributed by atoms with van der Waals surface area (Å²) in [5, 5.41) is 0.533. The Labute approximate surface area is 162 Å². The van der Waals surface area contributed by atoms with Crippen LogP contribution >= 0.6 is 0 Å². The maximum atomic E-state index is 11.6. The number of ketones is 2. The van der Waals surface area contributed by atoms with Crippen LogP contribution in [0.3, 0.4) is 0 Å². The van der Waals surface area contributed by atoms with Crippen molar-refractivity contribution in [3.05, 3.63) is 0 Å². The number of imide groups is 1. The van der Waals surface area contributed by atoms with Gasteiger partial charge in [-0.05, 0) is 19.3 Å². The first-order valence-corrected chi connectivity index (χ1v) is 9.66. The maximum absolute atomic E-state index is 11.6. The molecule has 2 rings (SSSR count). The summed E-state index contributed by atoms with van der Waals surface area (Å²) in [5.41, 5.74) is 0. The summed E-state index contributed by atoms with van der Waals surface area (Å²) in [6, 6.07) is 0. The zero-order chi connectivity index (χ0) is 20.5. The van der Waals surface area contributed by atoms with Gasteiger partial charge in [-0.3, -0.25) is 24.0 Å². The van der Waals surface area contributed by atoms with E-state index in [0.29, 0.717) is 30.7 Å². The molecule has 2 amide bonds. The lowest BCUT2D eigenvalue weighted by Crippen LogP contribution is -2.31. The molecule has 2 aliphatic rings. The fourth-order valence-corrected chi connectivity index (χ4v) is 3.16. The summed E-state index contributed by atoms with van der Waals surface area (Å²) in [6.45, 7) is 0.0702. The van der Waals surface area contributed by atoms with Gasteiger partial charge in [0.05, 0.1) is 12.5 Å². The molecule has 0 aromatic heterocycles. The summed E-state index contributed by atoms with van der Waals surface area (Å²) in [5.74, 6) is -2.76. The number of esters is 1. The molecule has 0 atom stereocenters. The Morgan fingerprint density at radius 3 is 1.89 bits per heavy atom. The number of nitrogens with zero attached hydrogens (tertiary/aromatic N) is 1. The SMILES string of the molecule is O=C(CCCCCCC(=O)ON1C(=O)CCC1=O)OCCC1C(=O)CCC1=O. The minimum atomic E-state index is -0.626. The van der Waals surface area contributed by atoms with Gasteiger partial charge in [-0.1, -0.05) is 12.8 Å². The quantitative estimate of drug-likeness (QED) is 0.223. The van der Waals surface area contributed by atoms with E-state index in [1.165, 1.54) is 0 Å². The Kier molecular flexibility index (Phi) is 8.28. The van der Waals surface area contributed by atoms with Gasteiger partial charge in [-0.25, -0.2) is 4.79 Å². The summed E-state index contributed by atoms with van der Waals surface area (Å²) in [6.07, 6.45) is 3.80. The lowest BCUT2D eigenvalue weighted by molar-refractivity contribution is -0.197. The van der Waals surface area contributed by atoms with Crippen molar-refractivity contribution in [2.24, 2.45) is 5.92 Å². The van der Waals surface area contributed by atoms with Crippen molar-refractivity contribution in [3.8, 4) is 0 Å². The summed E-state index contributed by atoms with van der Waals surface area (Å²) in [7, 11) is 0. The third kappa shape index (κ3) is 6.54. The number of carbonyl (C=O) groups excluding carboxylic acids is 6. The number of Topliss-reactive ketones (excluding diaryl/α,β-unsaturated/α-hetero) is 2. The van der Waals surface area contributed by atoms with Crippen LogP contribution in [0.2, 0.25) is 0 Å². The maximum Gasteiger partial charge on any atom is 0.333 e. The minimum absolute atomic E-state index is 0.0650. The Morgan fingerprint density at radius 1 is 0.786 bits per heavy atom. The van der Waals surface area contributed by atoms with E-state index in [1.807, 2.05) is 0 Å². The molecule has 154 valence electrons. The van der Waals surface area contributed by atoms with Gasteiger partial charge in [0.1, 0.15) is 11.6 Å². The highest BCUT2D eigenvalue weighted by Crippen LogP contribution is 2.21. The van der Waals surface area contributed by atoms with Crippen LogP contribution in [0.1, 0.15) is 70.6 Å². The van der Waals surface area contributed by atoms with Gasteiger partial charge in [0.25, 0.3) is 11.8 Å². The first-order valence-electron chi connectivity index (χ1n) is 9.66. The monoisotopic (exact) mass is 395 g/mol. The molecule has 9 heteroatoms. The second-order valence-electron chi connectivity index (χ2n) is 6.95. The highest BCUT2D eigenvalue weighted by molar-refractivity contribution is 6.08. The van der Waals surface area contributed by atoms with Crippen LogP contribution in [-0.2, 0) is 38.3 Å².